The molecule has 0 aliphatic carbocycles. The van der Waals surface area contributed by atoms with E-state index in [1.54, 1.807) is 67.6 Å². The summed E-state index contributed by atoms with van der Waals surface area (Å²) in [4.78, 5) is 47.3. The van der Waals surface area contributed by atoms with Gasteiger partial charge in [-0.15, -0.1) is 0 Å². The Morgan fingerprint density at radius 2 is 1.27 bits per heavy atom. The van der Waals surface area contributed by atoms with Crippen molar-refractivity contribution in [1.82, 2.24) is 0 Å². The van der Waals surface area contributed by atoms with Crippen molar-refractivity contribution in [1.29, 1.82) is 0 Å². The maximum absolute atomic E-state index is 12.6. The Morgan fingerprint density at radius 3 is 1.90 bits per heavy atom. The standard InChI is InChI=1S/C31H28O9/c1-4-28(32)37-18-6-17-36-25-13-11-24(12-14-25)31(35)40-27-16-15-26(19-21(27)3)39-30(34)23-9-7-22(8-10-23)20-38-29(33)5-2/h4-5,7-16,19H,1-2,6,17-18,20H2,3H3. The summed E-state index contributed by atoms with van der Waals surface area (Å²) in [5.41, 5.74) is 1.94. The third-order valence-corrected chi connectivity index (χ3v) is 5.36. The third-order valence-electron chi connectivity index (χ3n) is 5.36. The Morgan fingerprint density at radius 1 is 0.700 bits per heavy atom. The van der Waals surface area contributed by atoms with E-state index in [2.05, 4.69) is 13.2 Å². The molecule has 40 heavy (non-hydrogen) atoms. The normalized spacial score (nSPS) is 10.1. The molecule has 0 fully saturated rings. The van der Waals surface area contributed by atoms with Crippen LogP contribution in [-0.4, -0.2) is 37.1 Å². The number of hydrogen-bond acceptors (Lipinski definition) is 9. The maximum atomic E-state index is 12.6. The molecule has 9 nitrogen and oxygen atoms in total. The quantitative estimate of drug-likeness (QED) is 0.125. The second kappa shape index (κ2) is 14.7. The summed E-state index contributed by atoms with van der Waals surface area (Å²) >= 11 is 0. The van der Waals surface area contributed by atoms with Crippen LogP contribution in [0.4, 0.5) is 0 Å². The monoisotopic (exact) mass is 544 g/mol. The number of carbonyl (C=O) groups is 4. The van der Waals surface area contributed by atoms with Gasteiger partial charge >= 0.3 is 23.9 Å². The molecule has 0 amide bonds. The minimum atomic E-state index is -0.570. The molecule has 0 bridgehead atoms. The molecule has 0 heterocycles. The molecule has 0 aliphatic heterocycles. The number of rotatable bonds is 13. The smallest absolute Gasteiger partial charge is 0.343 e. The molecule has 3 aromatic carbocycles. The third kappa shape index (κ3) is 8.98. The van der Waals surface area contributed by atoms with Crippen LogP contribution in [0.3, 0.4) is 0 Å². The van der Waals surface area contributed by atoms with Crippen molar-refractivity contribution in [3.63, 3.8) is 0 Å². The Balaban J connectivity index is 1.50. The summed E-state index contributed by atoms with van der Waals surface area (Å²) in [6, 6.07) is 17.6. The number of aryl methyl sites for hydroxylation is 1. The van der Waals surface area contributed by atoms with Gasteiger partial charge in [0.05, 0.1) is 24.3 Å². The zero-order chi connectivity index (χ0) is 28.9. The Labute approximate surface area is 231 Å². The topological polar surface area (TPSA) is 114 Å². The molecule has 0 saturated heterocycles. The highest BCUT2D eigenvalue weighted by Crippen LogP contribution is 2.25. The lowest BCUT2D eigenvalue weighted by Crippen LogP contribution is -2.11. The van der Waals surface area contributed by atoms with Crippen LogP contribution in [0.25, 0.3) is 0 Å². The van der Waals surface area contributed by atoms with E-state index in [0.29, 0.717) is 46.8 Å². The van der Waals surface area contributed by atoms with E-state index in [1.165, 1.54) is 6.07 Å². The van der Waals surface area contributed by atoms with Crippen molar-refractivity contribution in [3.8, 4) is 17.2 Å². The molecule has 0 aliphatic rings. The SMILES string of the molecule is C=CC(=O)OCCCOc1ccc(C(=O)Oc2ccc(OC(=O)c3ccc(COC(=O)C=C)cc3)cc2C)cc1. The van der Waals surface area contributed by atoms with Gasteiger partial charge in [-0.25, -0.2) is 19.2 Å². The minimum Gasteiger partial charge on any atom is -0.493 e. The first kappa shape index (κ1) is 29.4. The predicted octanol–water partition coefficient (Wildman–Crippen LogP) is 5.16. The number of esters is 4. The molecule has 3 rings (SSSR count). The van der Waals surface area contributed by atoms with Crippen molar-refractivity contribution < 1.29 is 42.9 Å². The van der Waals surface area contributed by atoms with E-state index in [1.807, 2.05) is 0 Å². The van der Waals surface area contributed by atoms with Crippen LogP contribution in [0, 0.1) is 6.92 Å². The van der Waals surface area contributed by atoms with Gasteiger partial charge in [0, 0.05) is 18.6 Å². The number of hydrogen-bond donors (Lipinski definition) is 0. The van der Waals surface area contributed by atoms with Gasteiger partial charge in [0.25, 0.3) is 0 Å². The Kier molecular flexibility index (Phi) is 10.8. The molecule has 206 valence electrons. The minimum absolute atomic E-state index is 0.0636. The van der Waals surface area contributed by atoms with Gasteiger partial charge < -0.3 is 23.7 Å². The lowest BCUT2D eigenvalue weighted by molar-refractivity contribution is -0.139. The van der Waals surface area contributed by atoms with Crippen LogP contribution in [0.15, 0.2) is 92.0 Å². The molecule has 0 atom stereocenters. The van der Waals surface area contributed by atoms with Gasteiger partial charge in [0.15, 0.2) is 0 Å². The molecular formula is C31H28O9. The van der Waals surface area contributed by atoms with Crippen molar-refractivity contribution in [2.45, 2.75) is 20.0 Å². The van der Waals surface area contributed by atoms with Crippen molar-refractivity contribution in [3.05, 3.63) is 114 Å². The zero-order valence-corrected chi connectivity index (χ0v) is 21.9. The Hall–Kier alpha value is -5.18. The highest BCUT2D eigenvalue weighted by molar-refractivity contribution is 5.92. The van der Waals surface area contributed by atoms with E-state index in [9.17, 15) is 19.2 Å². The fourth-order valence-corrected chi connectivity index (χ4v) is 3.24. The predicted molar refractivity (Wildman–Crippen MR) is 145 cm³/mol. The first-order valence-corrected chi connectivity index (χ1v) is 12.2. The second-order valence-corrected chi connectivity index (χ2v) is 8.31. The largest absolute Gasteiger partial charge is 0.493 e. The van der Waals surface area contributed by atoms with Crippen LogP contribution in [-0.2, 0) is 25.7 Å². The molecule has 3 aromatic rings. The number of benzene rings is 3. The van der Waals surface area contributed by atoms with E-state index in [4.69, 9.17) is 23.7 Å². The molecule has 0 saturated carbocycles. The average molecular weight is 545 g/mol. The molecule has 0 aromatic heterocycles. The summed E-state index contributed by atoms with van der Waals surface area (Å²) in [7, 11) is 0. The summed E-state index contributed by atoms with van der Waals surface area (Å²) in [5, 5.41) is 0. The maximum Gasteiger partial charge on any atom is 0.343 e. The van der Waals surface area contributed by atoms with E-state index in [-0.39, 0.29) is 19.0 Å². The molecule has 0 unspecified atom stereocenters. The van der Waals surface area contributed by atoms with Crippen LogP contribution in [0.2, 0.25) is 0 Å². The first-order chi connectivity index (χ1) is 19.3. The van der Waals surface area contributed by atoms with E-state index >= 15 is 0 Å². The van der Waals surface area contributed by atoms with Gasteiger partial charge in [0.2, 0.25) is 0 Å². The second-order valence-electron chi connectivity index (χ2n) is 8.31. The molecule has 0 spiro atoms. The summed E-state index contributed by atoms with van der Waals surface area (Å²) in [6.07, 6.45) is 2.68. The van der Waals surface area contributed by atoms with E-state index in [0.717, 1.165) is 12.2 Å². The highest BCUT2D eigenvalue weighted by Gasteiger charge is 2.14. The van der Waals surface area contributed by atoms with Crippen LogP contribution >= 0.6 is 0 Å². The molecule has 0 N–H and O–H groups in total. The van der Waals surface area contributed by atoms with Crippen molar-refractivity contribution in [2.75, 3.05) is 13.2 Å². The van der Waals surface area contributed by atoms with Gasteiger partial charge in [-0.1, -0.05) is 25.3 Å². The molecule has 0 radical (unpaired) electrons. The number of carbonyl (C=O) groups excluding carboxylic acids is 4. The number of ether oxygens (including phenoxy) is 5. The van der Waals surface area contributed by atoms with Crippen LogP contribution in [0.1, 0.15) is 38.3 Å². The Bertz CT molecular complexity index is 1370. The van der Waals surface area contributed by atoms with Crippen molar-refractivity contribution in [2.24, 2.45) is 0 Å². The van der Waals surface area contributed by atoms with Crippen molar-refractivity contribution >= 4 is 23.9 Å². The highest BCUT2D eigenvalue weighted by atomic mass is 16.5. The fourth-order valence-electron chi connectivity index (χ4n) is 3.24. The lowest BCUT2D eigenvalue weighted by Gasteiger charge is -2.11. The van der Waals surface area contributed by atoms with Gasteiger partial charge in [-0.2, -0.15) is 0 Å². The average Bonchev–Trinajstić information content (AvgIpc) is 2.97. The zero-order valence-electron chi connectivity index (χ0n) is 21.9. The summed E-state index contributed by atoms with van der Waals surface area (Å²) in [5.74, 6) is -0.991. The summed E-state index contributed by atoms with van der Waals surface area (Å²) in [6.45, 7) is 9.00. The van der Waals surface area contributed by atoms with E-state index < -0.39 is 23.9 Å². The van der Waals surface area contributed by atoms with Gasteiger partial charge in [0.1, 0.15) is 23.9 Å². The van der Waals surface area contributed by atoms with Gasteiger partial charge in [-0.05, 0) is 72.6 Å². The molecule has 9 heteroatoms. The molecular weight excluding hydrogens is 516 g/mol. The van der Waals surface area contributed by atoms with Gasteiger partial charge in [-0.3, -0.25) is 0 Å². The first-order valence-electron chi connectivity index (χ1n) is 12.2. The summed E-state index contributed by atoms with van der Waals surface area (Å²) < 4.78 is 26.3. The lowest BCUT2D eigenvalue weighted by atomic mass is 10.1. The van der Waals surface area contributed by atoms with Crippen LogP contribution in [0.5, 0.6) is 17.2 Å². The fraction of sp³-hybridized carbons (Fsp3) is 0.161. The van der Waals surface area contributed by atoms with Crippen LogP contribution < -0.4 is 14.2 Å².